The molecule has 13 heavy (non-hydrogen) atoms. The van der Waals surface area contributed by atoms with Crippen molar-refractivity contribution in [2.24, 2.45) is 5.84 Å². The first-order chi connectivity index (χ1) is 6.39. The molecule has 0 atom stereocenters. The smallest absolute Gasteiger partial charge is 0.0254 e. The van der Waals surface area contributed by atoms with Gasteiger partial charge in [-0.05, 0) is 0 Å². The first kappa shape index (κ1) is 10.9. The molecule has 1 aliphatic rings. The third-order valence-corrected chi connectivity index (χ3v) is 2.11. The predicted octanol–water partition coefficient (Wildman–Crippen LogP) is -2.06. The molecule has 0 aliphatic carbocycles. The van der Waals surface area contributed by atoms with Crippen LogP contribution in [0.3, 0.4) is 0 Å². The first-order valence-electron chi connectivity index (χ1n) is 5.01. The van der Waals surface area contributed by atoms with E-state index in [0.29, 0.717) is 0 Å². The highest BCUT2D eigenvalue weighted by Gasteiger charge is 1.98. The zero-order valence-electron chi connectivity index (χ0n) is 8.18. The summed E-state index contributed by atoms with van der Waals surface area (Å²) in [5.74, 6) is 5.75. The van der Waals surface area contributed by atoms with Crippen molar-refractivity contribution in [3.8, 4) is 0 Å². The highest BCUT2D eigenvalue weighted by molar-refractivity contribution is 4.60. The molecule has 0 aromatic rings. The predicted molar refractivity (Wildman–Crippen MR) is 54.4 cm³/mol. The van der Waals surface area contributed by atoms with Gasteiger partial charge in [-0.3, -0.25) is 5.84 Å². The fraction of sp³-hybridized carbons (Fsp3) is 1.00. The maximum atomic E-state index is 5.75. The van der Waals surface area contributed by atoms with E-state index in [2.05, 4.69) is 16.0 Å². The van der Waals surface area contributed by atoms with Gasteiger partial charge in [-0.1, -0.05) is 0 Å². The molecule has 1 aliphatic heterocycles. The van der Waals surface area contributed by atoms with E-state index in [-0.39, 0.29) is 0 Å². The summed E-state index contributed by atoms with van der Waals surface area (Å²) in [6, 6.07) is 0. The Balaban J connectivity index is 2.11. The van der Waals surface area contributed by atoms with Gasteiger partial charge in [0.15, 0.2) is 0 Å². The SMILES string of the molecule is NN1CCNCCNCCNCC1. The summed E-state index contributed by atoms with van der Waals surface area (Å²) < 4.78 is 0. The number of rotatable bonds is 0. The summed E-state index contributed by atoms with van der Waals surface area (Å²) in [6.45, 7) is 7.89. The van der Waals surface area contributed by atoms with Gasteiger partial charge in [0.2, 0.25) is 0 Å². The van der Waals surface area contributed by atoms with Crippen molar-refractivity contribution in [2.45, 2.75) is 0 Å². The minimum absolute atomic E-state index is 0.918. The quantitative estimate of drug-likeness (QED) is 0.329. The summed E-state index contributed by atoms with van der Waals surface area (Å²) in [7, 11) is 0. The summed E-state index contributed by atoms with van der Waals surface area (Å²) in [4.78, 5) is 0. The first-order valence-corrected chi connectivity index (χ1v) is 5.01. The number of hydrogen-bond acceptors (Lipinski definition) is 5. The molecule has 0 spiro atoms. The molecule has 1 rings (SSSR count). The van der Waals surface area contributed by atoms with Gasteiger partial charge in [0, 0.05) is 52.4 Å². The second-order valence-corrected chi connectivity index (χ2v) is 3.29. The average molecular weight is 187 g/mol. The number of hydrogen-bond donors (Lipinski definition) is 4. The van der Waals surface area contributed by atoms with Crippen LogP contribution in [0.1, 0.15) is 0 Å². The monoisotopic (exact) mass is 187 g/mol. The van der Waals surface area contributed by atoms with Gasteiger partial charge < -0.3 is 16.0 Å². The van der Waals surface area contributed by atoms with E-state index in [9.17, 15) is 0 Å². The van der Waals surface area contributed by atoms with Gasteiger partial charge in [-0.25, -0.2) is 5.01 Å². The van der Waals surface area contributed by atoms with Gasteiger partial charge in [0.05, 0.1) is 0 Å². The molecule has 5 nitrogen and oxygen atoms in total. The van der Waals surface area contributed by atoms with E-state index in [1.165, 1.54) is 0 Å². The van der Waals surface area contributed by atoms with Crippen molar-refractivity contribution < 1.29 is 0 Å². The normalized spacial score (nSPS) is 24.7. The Morgan fingerprint density at radius 1 is 0.692 bits per heavy atom. The molecular formula is C8H21N5. The Morgan fingerprint density at radius 3 is 1.54 bits per heavy atom. The molecule has 5 N–H and O–H groups in total. The Morgan fingerprint density at radius 2 is 1.08 bits per heavy atom. The maximum Gasteiger partial charge on any atom is 0.0254 e. The fourth-order valence-corrected chi connectivity index (χ4v) is 1.29. The van der Waals surface area contributed by atoms with Gasteiger partial charge in [0.1, 0.15) is 0 Å². The van der Waals surface area contributed by atoms with E-state index in [0.717, 1.165) is 52.4 Å². The van der Waals surface area contributed by atoms with Crippen molar-refractivity contribution in [2.75, 3.05) is 52.4 Å². The Kier molecular flexibility index (Phi) is 6.05. The van der Waals surface area contributed by atoms with Gasteiger partial charge >= 0.3 is 0 Å². The summed E-state index contributed by atoms with van der Waals surface area (Å²) >= 11 is 0. The van der Waals surface area contributed by atoms with Crippen LogP contribution in [-0.2, 0) is 0 Å². The number of hydrazine groups is 1. The van der Waals surface area contributed by atoms with E-state index in [1.54, 1.807) is 0 Å². The molecule has 1 saturated heterocycles. The molecule has 78 valence electrons. The van der Waals surface area contributed by atoms with Crippen molar-refractivity contribution in [1.29, 1.82) is 0 Å². The van der Waals surface area contributed by atoms with Crippen LogP contribution in [0.15, 0.2) is 0 Å². The summed E-state index contributed by atoms with van der Waals surface area (Å²) in [5.41, 5.74) is 0. The van der Waals surface area contributed by atoms with E-state index in [1.807, 2.05) is 5.01 Å². The largest absolute Gasteiger partial charge is 0.314 e. The number of nitrogens with two attached hydrogens (primary N) is 1. The van der Waals surface area contributed by atoms with Crippen LogP contribution in [-0.4, -0.2) is 57.4 Å². The second-order valence-electron chi connectivity index (χ2n) is 3.29. The fourth-order valence-electron chi connectivity index (χ4n) is 1.29. The Labute approximate surface area is 80.0 Å². The molecule has 1 heterocycles. The van der Waals surface area contributed by atoms with Crippen LogP contribution in [0.2, 0.25) is 0 Å². The lowest BCUT2D eigenvalue weighted by molar-refractivity contribution is 0.280. The van der Waals surface area contributed by atoms with Crippen LogP contribution in [0.4, 0.5) is 0 Å². The average Bonchev–Trinajstić information content (AvgIpc) is 2.11. The van der Waals surface area contributed by atoms with Crippen molar-refractivity contribution in [3.05, 3.63) is 0 Å². The third-order valence-electron chi connectivity index (χ3n) is 2.11. The van der Waals surface area contributed by atoms with Crippen LogP contribution >= 0.6 is 0 Å². The summed E-state index contributed by atoms with van der Waals surface area (Å²) in [5, 5.41) is 11.9. The summed E-state index contributed by atoms with van der Waals surface area (Å²) in [6.07, 6.45) is 0. The Bertz CT molecular complexity index is 107. The minimum Gasteiger partial charge on any atom is -0.314 e. The van der Waals surface area contributed by atoms with Gasteiger partial charge in [-0.2, -0.15) is 0 Å². The third kappa shape index (κ3) is 5.95. The van der Waals surface area contributed by atoms with Crippen molar-refractivity contribution >= 4 is 0 Å². The molecule has 0 saturated carbocycles. The molecule has 0 aromatic carbocycles. The second kappa shape index (κ2) is 7.23. The van der Waals surface area contributed by atoms with Crippen LogP contribution in [0.25, 0.3) is 0 Å². The molecular weight excluding hydrogens is 166 g/mol. The lowest BCUT2D eigenvalue weighted by Crippen LogP contribution is -2.44. The Hall–Kier alpha value is -0.200. The molecule has 0 radical (unpaired) electrons. The zero-order chi connectivity index (χ0) is 9.36. The lowest BCUT2D eigenvalue weighted by atomic mass is 10.4. The molecule has 0 unspecified atom stereocenters. The standard InChI is InChI=1S/C8H21N5/c9-13-7-5-11-3-1-10-2-4-12-6-8-13/h10-12H,1-9H2. The molecule has 5 heteroatoms. The molecule has 0 aromatic heterocycles. The van der Waals surface area contributed by atoms with Crippen LogP contribution in [0, 0.1) is 0 Å². The highest BCUT2D eigenvalue weighted by Crippen LogP contribution is 1.75. The molecule has 0 bridgehead atoms. The van der Waals surface area contributed by atoms with Crippen molar-refractivity contribution in [1.82, 2.24) is 21.0 Å². The van der Waals surface area contributed by atoms with Crippen LogP contribution in [0.5, 0.6) is 0 Å². The van der Waals surface area contributed by atoms with Crippen molar-refractivity contribution in [3.63, 3.8) is 0 Å². The minimum atomic E-state index is 0.918. The topological polar surface area (TPSA) is 65.3 Å². The number of nitrogens with one attached hydrogen (secondary N) is 3. The molecule has 0 amide bonds. The van der Waals surface area contributed by atoms with Gasteiger partial charge in [0.25, 0.3) is 0 Å². The van der Waals surface area contributed by atoms with Crippen LogP contribution < -0.4 is 21.8 Å². The number of nitrogens with zero attached hydrogens (tertiary/aromatic N) is 1. The molecule has 1 fully saturated rings. The highest BCUT2D eigenvalue weighted by atomic mass is 15.4. The van der Waals surface area contributed by atoms with E-state index >= 15 is 0 Å². The van der Waals surface area contributed by atoms with E-state index in [4.69, 9.17) is 5.84 Å². The van der Waals surface area contributed by atoms with E-state index < -0.39 is 0 Å². The van der Waals surface area contributed by atoms with Gasteiger partial charge in [-0.15, -0.1) is 0 Å². The maximum absolute atomic E-state index is 5.75. The lowest BCUT2D eigenvalue weighted by Gasteiger charge is -2.18. The zero-order valence-corrected chi connectivity index (χ0v) is 8.18.